The van der Waals surface area contributed by atoms with Gasteiger partial charge in [-0.15, -0.1) is 11.3 Å². The van der Waals surface area contributed by atoms with Gasteiger partial charge in [-0.05, 0) is 39.0 Å². The summed E-state index contributed by atoms with van der Waals surface area (Å²) in [6.07, 6.45) is 1.78. The van der Waals surface area contributed by atoms with Gasteiger partial charge in [-0.25, -0.2) is 9.37 Å². The molecule has 0 aliphatic rings. The van der Waals surface area contributed by atoms with Crippen molar-refractivity contribution in [3.63, 3.8) is 0 Å². The molecule has 0 fully saturated rings. The highest BCUT2D eigenvalue weighted by Crippen LogP contribution is 2.29. The smallest absolute Gasteiger partial charge is 0.134 e. The Hall–Kier alpha value is -0.970. The number of hydrogen-bond donors (Lipinski definition) is 1. The predicted molar refractivity (Wildman–Crippen MR) is 79.1 cm³/mol. The molecule has 102 valence electrons. The van der Waals surface area contributed by atoms with E-state index in [0.29, 0.717) is 15.6 Å². The summed E-state index contributed by atoms with van der Waals surface area (Å²) < 4.78 is 13.8. The lowest BCUT2D eigenvalue weighted by atomic mass is 10.1. The number of aromatic nitrogens is 1. The fourth-order valence-electron chi connectivity index (χ4n) is 1.53. The van der Waals surface area contributed by atoms with Gasteiger partial charge in [0.2, 0.25) is 0 Å². The lowest BCUT2D eigenvalue weighted by Crippen LogP contribution is -2.34. The Morgan fingerprint density at radius 2 is 2.11 bits per heavy atom. The van der Waals surface area contributed by atoms with E-state index < -0.39 is 0 Å². The average Bonchev–Trinajstić information content (AvgIpc) is 2.74. The molecule has 2 nitrogen and oxygen atoms in total. The molecule has 0 spiro atoms. The van der Waals surface area contributed by atoms with Gasteiger partial charge in [0.05, 0.1) is 0 Å². The fraction of sp³-hybridized carbons (Fsp3) is 0.357. The molecule has 0 amide bonds. The van der Waals surface area contributed by atoms with Gasteiger partial charge >= 0.3 is 0 Å². The van der Waals surface area contributed by atoms with Crippen LogP contribution >= 0.6 is 22.9 Å². The van der Waals surface area contributed by atoms with Gasteiger partial charge in [0.1, 0.15) is 10.8 Å². The second kappa shape index (κ2) is 5.57. The second-order valence-corrected chi connectivity index (χ2v) is 6.91. The SMILES string of the molecule is CC(C)(C)NCc1cnc(-c2ccc(Cl)cc2F)s1. The molecular formula is C14H16ClFN2S. The normalized spacial score (nSPS) is 11.8. The van der Waals surface area contributed by atoms with E-state index in [1.54, 1.807) is 18.3 Å². The number of nitrogens with one attached hydrogen (secondary N) is 1. The molecule has 0 aliphatic heterocycles. The van der Waals surface area contributed by atoms with Crippen molar-refractivity contribution in [2.24, 2.45) is 0 Å². The highest BCUT2D eigenvalue weighted by molar-refractivity contribution is 7.15. The quantitative estimate of drug-likeness (QED) is 0.903. The van der Waals surface area contributed by atoms with E-state index in [9.17, 15) is 4.39 Å². The molecule has 1 heterocycles. The largest absolute Gasteiger partial charge is 0.307 e. The molecule has 0 saturated heterocycles. The van der Waals surface area contributed by atoms with Crippen LogP contribution in [-0.4, -0.2) is 10.5 Å². The molecule has 0 atom stereocenters. The zero-order valence-corrected chi connectivity index (χ0v) is 12.7. The third kappa shape index (κ3) is 4.00. The second-order valence-electron chi connectivity index (χ2n) is 5.36. The Balaban J connectivity index is 2.16. The van der Waals surface area contributed by atoms with E-state index in [-0.39, 0.29) is 11.4 Å². The van der Waals surface area contributed by atoms with Gasteiger partial charge < -0.3 is 5.32 Å². The van der Waals surface area contributed by atoms with E-state index >= 15 is 0 Å². The van der Waals surface area contributed by atoms with Crippen LogP contribution in [0.4, 0.5) is 4.39 Å². The summed E-state index contributed by atoms with van der Waals surface area (Å²) in [6, 6.07) is 4.65. The number of rotatable bonds is 3. The number of thiazole rings is 1. The van der Waals surface area contributed by atoms with Crippen LogP contribution < -0.4 is 5.32 Å². The van der Waals surface area contributed by atoms with Crippen molar-refractivity contribution in [1.29, 1.82) is 0 Å². The van der Waals surface area contributed by atoms with Crippen LogP contribution in [0, 0.1) is 5.82 Å². The van der Waals surface area contributed by atoms with Crippen molar-refractivity contribution in [3.05, 3.63) is 40.1 Å². The van der Waals surface area contributed by atoms with Crippen LogP contribution in [0.3, 0.4) is 0 Å². The fourth-order valence-corrected chi connectivity index (χ4v) is 2.57. The minimum atomic E-state index is -0.336. The van der Waals surface area contributed by atoms with Crippen molar-refractivity contribution in [1.82, 2.24) is 10.3 Å². The maximum atomic E-state index is 13.8. The van der Waals surface area contributed by atoms with E-state index in [2.05, 4.69) is 31.1 Å². The van der Waals surface area contributed by atoms with Crippen LogP contribution in [0.1, 0.15) is 25.6 Å². The van der Waals surface area contributed by atoms with Crippen molar-refractivity contribution >= 4 is 22.9 Å². The number of hydrogen-bond acceptors (Lipinski definition) is 3. The Kier molecular flexibility index (Phi) is 4.23. The van der Waals surface area contributed by atoms with Crippen LogP contribution in [0.2, 0.25) is 5.02 Å². The highest BCUT2D eigenvalue weighted by Gasteiger charge is 2.12. The molecular weight excluding hydrogens is 283 g/mol. The summed E-state index contributed by atoms with van der Waals surface area (Å²) >= 11 is 7.23. The summed E-state index contributed by atoms with van der Waals surface area (Å²) in [4.78, 5) is 5.36. The van der Waals surface area contributed by atoms with Gasteiger partial charge in [-0.2, -0.15) is 0 Å². The zero-order valence-electron chi connectivity index (χ0n) is 11.1. The molecule has 0 bridgehead atoms. The summed E-state index contributed by atoms with van der Waals surface area (Å²) in [5.41, 5.74) is 0.548. The van der Waals surface area contributed by atoms with Gasteiger partial charge in [-0.1, -0.05) is 11.6 Å². The monoisotopic (exact) mass is 298 g/mol. The van der Waals surface area contributed by atoms with Crippen molar-refractivity contribution < 1.29 is 4.39 Å². The Labute approximate surface area is 121 Å². The van der Waals surface area contributed by atoms with Crippen molar-refractivity contribution in [2.45, 2.75) is 32.9 Å². The number of nitrogens with zero attached hydrogens (tertiary/aromatic N) is 1. The van der Waals surface area contributed by atoms with E-state index in [1.807, 2.05) is 0 Å². The first kappa shape index (κ1) is 14.4. The summed E-state index contributed by atoms with van der Waals surface area (Å²) in [6.45, 7) is 7.05. The molecule has 19 heavy (non-hydrogen) atoms. The topological polar surface area (TPSA) is 24.9 Å². The van der Waals surface area contributed by atoms with Crippen molar-refractivity contribution in [2.75, 3.05) is 0 Å². The van der Waals surface area contributed by atoms with Gasteiger partial charge in [0.15, 0.2) is 0 Å². The van der Waals surface area contributed by atoms with Crippen LogP contribution in [0.25, 0.3) is 10.6 Å². The van der Waals surface area contributed by atoms with Crippen molar-refractivity contribution in [3.8, 4) is 10.6 Å². The van der Waals surface area contributed by atoms with Gasteiger partial charge in [0.25, 0.3) is 0 Å². The molecule has 2 aromatic rings. The summed E-state index contributed by atoms with van der Waals surface area (Å²) in [5.74, 6) is -0.336. The van der Waals surface area contributed by atoms with E-state index in [4.69, 9.17) is 11.6 Å². The lowest BCUT2D eigenvalue weighted by molar-refractivity contribution is 0.426. The van der Waals surface area contributed by atoms with E-state index in [1.165, 1.54) is 17.4 Å². The average molecular weight is 299 g/mol. The molecule has 0 radical (unpaired) electrons. The Morgan fingerprint density at radius 1 is 1.37 bits per heavy atom. The minimum absolute atomic E-state index is 0.0513. The molecule has 0 saturated carbocycles. The highest BCUT2D eigenvalue weighted by atomic mass is 35.5. The molecule has 0 aliphatic carbocycles. The van der Waals surface area contributed by atoms with Crippen LogP contribution in [-0.2, 0) is 6.54 Å². The first-order chi connectivity index (χ1) is 8.85. The Bertz CT molecular complexity index is 575. The van der Waals surface area contributed by atoms with Gasteiger partial charge in [0, 0.05) is 33.7 Å². The first-order valence-corrected chi connectivity index (χ1v) is 7.20. The maximum absolute atomic E-state index is 13.8. The van der Waals surface area contributed by atoms with Gasteiger partial charge in [-0.3, -0.25) is 0 Å². The van der Waals surface area contributed by atoms with Crippen LogP contribution in [0.15, 0.2) is 24.4 Å². The van der Waals surface area contributed by atoms with E-state index in [0.717, 1.165) is 11.4 Å². The maximum Gasteiger partial charge on any atom is 0.134 e. The predicted octanol–water partition coefficient (Wildman–Crippen LogP) is 4.49. The number of benzene rings is 1. The molecule has 1 N–H and O–H groups in total. The minimum Gasteiger partial charge on any atom is -0.307 e. The van der Waals surface area contributed by atoms with Crippen LogP contribution in [0.5, 0.6) is 0 Å². The molecule has 0 unspecified atom stereocenters. The number of halogens is 2. The molecule has 2 rings (SSSR count). The third-order valence-corrected chi connectivity index (χ3v) is 3.77. The molecule has 5 heteroatoms. The summed E-state index contributed by atoms with van der Waals surface area (Å²) in [7, 11) is 0. The Morgan fingerprint density at radius 3 is 2.74 bits per heavy atom. The molecule has 1 aromatic carbocycles. The lowest BCUT2D eigenvalue weighted by Gasteiger charge is -2.19. The first-order valence-electron chi connectivity index (χ1n) is 6.00. The zero-order chi connectivity index (χ0) is 14.0. The standard InChI is InChI=1S/C14H16ClFN2S/c1-14(2,3)18-8-10-7-17-13(19-10)11-5-4-9(15)6-12(11)16/h4-7,18H,8H2,1-3H3. The summed E-state index contributed by atoms with van der Waals surface area (Å²) in [5, 5.41) is 4.46. The molecule has 1 aromatic heterocycles. The third-order valence-electron chi connectivity index (χ3n) is 2.51.